The van der Waals surface area contributed by atoms with E-state index in [1.165, 1.54) is 0 Å². The first-order valence-electron chi connectivity index (χ1n) is 7.38. The van der Waals surface area contributed by atoms with Crippen molar-refractivity contribution in [2.24, 2.45) is 4.99 Å². The molecule has 0 aliphatic carbocycles. The number of hydrogen-bond acceptors (Lipinski definition) is 3. The molecule has 4 heteroatoms. The fourth-order valence-corrected chi connectivity index (χ4v) is 2.83. The van der Waals surface area contributed by atoms with Crippen LogP contribution < -0.4 is 0 Å². The molecule has 116 valence electrons. The van der Waals surface area contributed by atoms with Crippen molar-refractivity contribution in [1.29, 1.82) is 0 Å². The zero-order chi connectivity index (χ0) is 16.4. The van der Waals surface area contributed by atoms with E-state index >= 15 is 0 Å². The van der Waals surface area contributed by atoms with Gasteiger partial charge in [-0.15, -0.1) is 0 Å². The Hall–Kier alpha value is -2.39. The zero-order valence-electron chi connectivity index (χ0n) is 13.1. The molecule has 0 amide bonds. The van der Waals surface area contributed by atoms with Crippen LogP contribution in [0.1, 0.15) is 21.5 Å². The van der Waals surface area contributed by atoms with E-state index in [-0.39, 0.29) is 5.78 Å². The van der Waals surface area contributed by atoms with Gasteiger partial charge in [0.15, 0.2) is 5.78 Å². The third kappa shape index (κ3) is 3.20. The molecule has 0 saturated heterocycles. The SMILES string of the molecule is CN(C)C=C1CN=C(c2ccccc2)c2cc(Cl)ccc2C1=O. The Bertz CT molecular complexity index is 807. The van der Waals surface area contributed by atoms with Gasteiger partial charge in [-0.25, -0.2) is 0 Å². The number of carbonyl (C=O) groups excluding carboxylic acids is 1. The molecule has 0 unspecified atom stereocenters. The predicted molar refractivity (Wildman–Crippen MR) is 94.5 cm³/mol. The minimum absolute atomic E-state index is 0.0000442. The van der Waals surface area contributed by atoms with Crippen molar-refractivity contribution in [3.8, 4) is 0 Å². The number of nitrogens with zero attached hydrogens (tertiary/aromatic N) is 2. The third-order valence-corrected chi connectivity index (χ3v) is 3.88. The van der Waals surface area contributed by atoms with Gasteiger partial charge in [-0.05, 0) is 18.2 Å². The number of carbonyl (C=O) groups is 1. The van der Waals surface area contributed by atoms with Crippen LogP contribution in [0.5, 0.6) is 0 Å². The summed E-state index contributed by atoms with van der Waals surface area (Å²) in [6, 6.07) is 15.2. The molecule has 2 aromatic rings. The highest BCUT2D eigenvalue weighted by Crippen LogP contribution is 2.25. The number of rotatable bonds is 2. The van der Waals surface area contributed by atoms with Gasteiger partial charge in [-0.3, -0.25) is 9.79 Å². The van der Waals surface area contributed by atoms with Gasteiger partial charge in [0.05, 0.1) is 12.3 Å². The summed E-state index contributed by atoms with van der Waals surface area (Å²) in [7, 11) is 3.80. The summed E-state index contributed by atoms with van der Waals surface area (Å²) in [5, 5.41) is 0.597. The van der Waals surface area contributed by atoms with Crippen molar-refractivity contribution < 1.29 is 4.79 Å². The van der Waals surface area contributed by atoms with E-state index in [4.69, 9.17) is 16.6 Å². The van der Waals surface area contributed by atoms with E-state index in [0.717, 1.165) is 16.8 Å². The second-order valence-electron chi connectivity index (χ2n) is 5.67. The highest BCUT2D eigenvalue weighted by Gasteiger charge is 2.23. The minimum atomic E-state index is 0.0000442. The molecule has 0 bridgehead atoms. The largest absolute Gasteiger partial charge is 0.383 e. The molecule has 1 aliphatic rings. The molecule has 3 rings (SSSR count). The summed E-state index contributed by atoms with van der Waals surface area (Å²) in [6.45, 7) is 0.355. The third-order valence-electron chi connectivity index (χ3n) is 3.64. The Balaban J connectivity index is 2.22. The number of fused-ring (bicyclic) bond motifs is 1. The Morgan fingerprint density at radius 2 is 1.83 bits per heavy atom. The van der Waals surface area contributed by atoms with Crippen LogP contribution in [0.4, 0.5) is 0 Å². The number of halogens is 1. The summed E-state index contributed by atoms with van der Waals surface area (Å²) < 4.78 is 0. The maximum Gasteiger partial charge on any atom is 0.193 e. The fraction of sp³-hybridized carbons (Fsp3) is 0.158. The lowest BCUT2D eigenvalue weighted by atomic mass is 9.94. The maximum atomic E-state index is 12.8. The van der Waals surface area contributed by atoms with Crippen LogP contribution >= 0.6 is 11.6 Å². The summed E-state index contributed by atoms with van der Waals surface area (Å²) in [6.07, 6.45) is 1.83. The molecule has 0 radical (unpaired) electrons. The molecule has 0 N–H and O–H groups in total. The number of ketones is 1. The molecular weight excluding hydrogens is 308 g/mol. The lowest BCUT2D eigenvalue weighted by molar-refractivity contribution is 0.103. The fourth-order valence-electron chi connectivity index (χ4n) is 2.66. The predicted octanol–water partition coefficient (Wildman–Crippen LogP) is 3.82. The Morgan fingerprint density at radius 1 is 1.09 bits per heavy atom. The second-order valence-corrected chi connectivity index (χ2v) is 6.10. The first-order chi connectivity index (χ1) is 11.1. The van der Waals surface area contributed by atoms with Gasteiger partial charge in [0.25, 0.3) is 0 Å². The molecule has 23 heavy (non-hydrogen) atoms. The molecule has 0 aromatic heterocycles. The van der Waals surface area contributed by atoms with E-state index in [0.29, 0.717) is 22.7 Å². The highest BCUT2D eigenvalue weighted by molar-refractivity contribution is 6.32. The lowest BCUT2D eigenvalue weighted by Gasteiger charge is -2.10. The standard InChI is InChI=1S/C19H17ClN2O/c1-22(2)12-14-11-21-18(13-6-4-3-5-7-13)17-10-15(20)8-9-16(17)19(14)23/h3-10,12H,11H2,1-2H3. The van der Waals surface area contributed by atoms with Crippen LogP contribution in [0, 0.1) is 0 Å². The molecule has 1 aliphatic heterocycles. The Kier molecular flexibility index (Phi) is 4.30. The van der Waals surface area contributed by atoms with E-state index in [9.17, 15) is 4.79 Å². The average molecular weight is 325 g/mol. The Morgan fingerprint density at radius 3 is 2.52 bits per heavy atom. The van der Waals surface area contributed by atoms with Crippen LogP contribution in [0.3, 0.4) is 0 Å². The number of Topliss-reactive ketones (excluding diaryl/α,β-unsaturated/α-hetero) is 1. The molecule has 0 fully saturated rings. The topological polar surface area (TPSA) is 32.7 Å². The van der Waals surface area contributed by atoms with Gasteiger partial charge in [0.2, 0.25) is 0 Å². The zero-order valence-corrected chi connectivity index (χ0v) is 13.8. The quantitative estimate of drug-likeness (QED) is 0.787. The van der Waals surface area contributed by atoms with Crippen LogP contribution in [-0.2, 0) is 0 Å². The van der Waals surface area contributed by atoms with Crippen molar-refractivity contribution in [3.63, 3.8) is 0 Å². The van der Waals surface area contributed by atoms with E-state index in [1.54, 1.807) is 12.1 Å². The number of hydrogen-bond donors (Lipinski definition) is 0. The van der Waals surface area contributed by atoms with Gasteiger partial charge >= 0.3 is 0 Å². The maximum absolute atomic E-state index is 12.8. The van der Waals surface area contributed by atoms with Gasteiger partial charge in [0, 0.05) is 47.6 Å². The van der Waals surface area contributed by atoms with Crippen molar-refractivity contribution in [2.75, 3.05) is 20.6 Å². The molecule has 0 spiro atoms. The summed E-state index contributed by atoms with van der Waals surface area (Å²) >= 11 is 6.16. The average Bonchev–Trinajstić information content (AvgIpc) is 2.66. The highest BCUT2D eigenvalue weighted by atomic mass is 35.5. The van der Waals surface area contributed by atoms with Crippen LogP contribution in [-0.4, -0.2) is 37.0 Å². The molecule has 1 heterocycles. The monoisotopic (exact) mass is 324 g/mol. The molecule has 0 atom stereocenters. The Labute approximate surface area is 140 Å². The second kappa shape index (κ2) is 6.39. The van der Waals surface area contributed by atoms with Crippen LogP contribution in [0.25, 0.3) is 0 Å². The lowest BCUT2D eigenvalue weighted by Crippen LogP contribution is -2.12. The first kappa shape index (κ1) is 15.5. The van der Waals surface area contributed by atoms with Crippen molar-refractivity contribution in [2.45, 2.75) is 0 Å². The smallest absolute Gasteiger partial charge is 0.193 e. The van der Waals surface area contributed by atoms with Gasteiger partial charge in [0.1, 0.15) is 0 Å². The van der Waals surface area contributed by atoms with Crippen molar-refractivity contribution >= 4 is 23.1 Å². The molecule has 0 saturated carbocycles. The molecule has 3 nitrogen and oxygen atoms in total. The summed E-state index contributed by atoms with van der Waals surface area (Å²) in [5.74, 6) is 0.0000442. The van der Waals surface area contributed by atoms with E-state index in [2.05, 4.69) is 0 Å². The summed E-state index contributed by atoms with van der Waals surface area (Å²) in [5.41, 5.74) is 3.89. The van der Waals surface area contributed by atoms with E-state index < -0.39 is 0 Å². The van der Waals surface area contributed by atoms with Crippen molar-refractivity contribution in [1.82, 2.24) is 4.90 Å². The normalized spacial score (nSPS) is 15.9. The molecule has 2 aromatic carbocycles. The molecular formula is C19H17ClN2O. The number of benzene rings is 2. The minimum Gasteiger partial charge on any atom is -0.383 e. The van der Waals surface area contributed by atoms with Crippen molar-refractivity contribution in [3.05, 3.63) is 82.0 Å². The number of aliphatic imine (C=N–C) groups is 1. The van der Waals surface area contributed by atoms with Gasteiger partial charge in [-0.2, -0.15) is 0 Å². The van der Waals surface area contributed by atoms with E-state index in [1.807, 2.05) is 61.6 Å². The van der Waals surface area contributed by atoms with Gasteiger partial charge in [-0.1, -0.05) is 41.9 Å². The van der Waals surface area contributed by atoms with Gasteiger partial charge < -0.3 is 4.90 Å². The van der Waals surface area contributed by atoms with Crippen LogP contribution in [0.15, 0.2) is 65.3 Å². The summed E-state index contributed by atoms with van der Waals surface area (Å²) in [4.78, 5) is 19.4. The van der Waals surface area contributed by atoms with Crippen LogP contribution in [0.2, 0.25) is 5.02 Å². The first-order valence-corrected chi connectivity index (χ1v) is 7.75.